The van der Waals surface area contributed by atoms with E-state index in [2.05, 4.69) is 31.2 Å². The lowest BCUT2D eigenvalue weighted by Gasteiger charge is -2.28. The number of anilines is 1. The number of carbonyl (C=O) groups excluding carboxylic acids is 1. The number of nitro groups is 1. The van der Waals surface area contributed by atoms with Gasteiger partial charge in [-0.1, -0.05) is 0 Å². The van der Waals surface area contributed by atoms with E-state index in [1.807, 2.05) is 0 Å². The van der Waals surface area contributed by atoms with Crippen LogP contribution in [0, 0.1) is 16.0 Å². The Morgan fingerprint density at radius 2 is 2.23 bits per heavy atom. The maximum Gasteiger partial charge on any atom is 0.243 e. The smallest absolute Gasteiger partial charge is 0.243 e. The molecule has 1 saturated heterocycles. The molecule has 11 heteroatoms. The van der Waals surface area contributed by atoms with Gasteiger partial charge in [0, 0.05) is 29.7 Å². The highest BCUT2D eigenvalue weighted by Gasteiger charge is 2.46. The van der Waals surface area contributed by atoms with Gasteiger partial charge in [0.05, 0.1) is 11.9 Å². The highest BCUT2D eigenvalue weighted by molar-refractivity contribution is 5.95. The molecule has 4 unspecified atom stereocenters. The minimum atomic E-state index is -0.586. The Morgan fingerprint density at radius 1 is 1.35 bits per heavy atom. The average Bonchev–Trinajstić information content (AvgIpc) is 3.31. The van der Waals surface area contributed by atoms with Crippen molar-refractivity contribution in [2.75, 3.05) is 5.32 Å². The van der Waals surface area contributed by atoms with Crippen molar-refractivity contribution < 1.29 is 9.72 Å². The Kier molecular flexibility index (Phi) is 4.31. The number of nitrogens with zero attached hydrogens (tertiary/aromatic N) is 5. The van der Waals surface area contributed by atoms with Gasteiger partial charge < -0.3 is 5.32 Å². The number of rotatable bonds is 4. The number of hydrazine groups is 1. The summed E-state index contributed by atoms with van der Waals surface area (Å²) in [6, 6.07) is 2.42. The molecule has 1 amide bonds. The normalized spacial score (nSPS) is 27.7. The molecule has 2 aromatic heterocycles. The maximum absolute atomic E-state index is 12.6. The predicted octanol–water partition coefficient (Wildman–Crippen LogP) is -0.109. The Balaban J connectivity index is 1.42. The first-order chi connectivity index (χ1) is 12.6. The number of pyridine rings is 1. The van der Waals surface area contributed by atoms with Crippen LogP contribution in [-0.2, 0) is 4.79 Å². The van der Waals surface area contributed by atoms with E-state index in [-0.39, 0.29) is 22.8 Å². The first kappa shape index (κ1) is 16.5. The van der Waals surface area contributed by atoms with Gasteiger partial charge in [0.2, 0.25) is 11.9 Å². The third kappa shape index (κ3) is 3.13. The van der Waals surface area contributed by atoms with Crippen molar-refractivity contribution >= 4 is 11.6 Å². The van der Waals surface area contributed by atoms with Gasteiger partial charge in [0.1, 0.15) is 18.7 Å². The number of carbonyl (C=O) groups is 1. The van der Waals surface area contributed by atoms with Gasteiger partial charge in [-0.2, -0.15) is 5.10 Å². The molecule has 4 atom stereocenters. The molecule has 1 aliphatic heterocycles. The minimum absolute atomic E-state index is 0.0785. The molecule has 1 saturated carbocycles. The van der Waals surface area contributed by atoms with Crippen LogP contribution in [0.15, 0.2) is 31.0 Å². The summed E-state index contributed by atoms with van der Waals surface area (Å²) in [7, 11) is 0. The van der Waals surface area contributed by atoms with E-state index in [0.717, 1.165) is 0 Å². The maximum atomic E-state index is 12.6. The average molecular weight is 358 g/mol. The van der Waals surface area contributed by atoms with Crippen molar-refractivity contribution in [3.8, 4) is 5.82 Å². The van der Waals surface area contributed by atoms with Crippen LogP contribution >= 0.6 is 0 Å². The number of fused-ring (bicyclic) bond motifs is 1. The molecule has 2 aliphatic rings. The second-order valence-corrected chi connectivity index (χ2v) is 6.52. The third-order valence-electron chi connectivity index (χ3n) is 4.97. The largest absolute Gasteiger partial charge is 0.323 e. The summed E-state index contributed by atoms with van der Waals surface area (Å²) in [6.45, 7) is 0. The molecule has 1 aliphatic carbocycles. The third-order valence-corrected chi connectivity index (χ3v) is 4.97. The summed E-state index contributed by atoms with van der Waals surface area (Å²) < 4.78 is 1.51. The van der Waals surface area contributed by atoms with E-state index in [0.29, 0.717) is 30.8 Å². The molecule has 2 fully saturated rings. The molecule has 0 spiro atoms. The molecule has 2 aromatic rings. The Hall–Kier alpha value is -2.92. The summed E-state index contributed by atoms with van der Waals surface area (Å²) in [6.07, 6.45) is 6.08. The van der Waals surface area contributed by atoms with Crippen LogP contribution in [0.4, 0.5) is 5.69 Å². The number of hydrogen-bond donors (Lipinski definition) is 3. The van der Waals surface area contributed by atoms with Crippen molar-refractivity contribution in [3.05, 3.63) is 41.1 Å². The highest BCUT2D eigenvalue weighted by atomic mass is 16.6. The summed E-state index contributed by atoms with van der Waals surface area (Å²) in [5, 5.41) is 17.9. The summed E-state index contributed by atoms with van der Waals surface area (Å²) in [5.41, 5.74) is 6.63. The zero-order chi connectivity index (χ0) is 18.1. The lowest BCUT2D eigenvalue weighted by Crippen LogP contribution is -2.44. The fourth-order valence-electron chi connectivity index (χ4n) is 3.63. The first-order valence-electron chi connectivity index (χ1n) is 8.38. The second-order valence-electron chi connectivity index (χ2n) is 6.52. The van der Waals surface area contributed by atoms with Crippen molar-refractivity contribution in [1.82, 2.24) is 30.6 Å². The van der Waals surface area contributed by atoms with Gasteiger partial charge in [-0.25, -0.2) is 20.1 Å². The lowest BCUT2D eigenvalue weighted by atomic mass is 9.79. The SMILES string of the molecule is O=C(Nc1ccc(-n2cncn2)nc1)C1NNC2CCC([N+](=O)[O-])CC21. The molecule has 0 radical (unpaired) electrons. The second kappa shape index (κ2) is 6.77. The number of amides is 1. The standard InChI is InChI=1S/C15H18N8O3/c24-15(14-11-5-10(23(25)26)2-3-12(11)20-21-14)19-9-1-4-13(17-6-9)22-8-16-7-18-22/h1,4,6-8,10-12,14,20-21H,2-3,5H2,(H,19,24). The van der Waals surface area contributed by atoms with Crippen LogP contribution in [-0.4, -0.2) is 48.7 Å². The molecule has 0 aromatic carbocycles. The van der Waals surface area contributed by atoms with Crippen molar-refractivity contribution in [2.24, 2.45) is 5.92 Å². The summed E-state index contributed by atoms with van der Waals surface area (Å²) in [5.74, 6) is 0.244. The van der Waals surface area contributed by atoms with E-state index < -0.39 is 12.1 Å². The van der Waals surface area contributed by atoms with Crippen molar-refractivity contribution in [2.45, 2.75) is 37.4 Å². The topological polar surface area (TPSA) is 140 Å². The van der Waals surface area contributed by atoms with Gasteiger partial charge in [0.25, 0.3) is 0 Å². The zero-order valence-electron chi connectivity index (χ0n) is 13.8. The highest BCUT2D eigenvalue weighted by Crippen LogP contribution is 2.32. The molecular formula is C15H18N8O3. The molecular weight excluding hydrogens is 340 g/mol. The Labute approximate surface area is 148 Å². The molecule has 3 N–H and O–H groups in total. The van der Waals surface area contributed by atoms with Crippen LogP contribution in [0.2, 0.25) is 0 Å². The van der Waals surface area contributed by atoms with Crippen LogP contribution in [0.5, 0.6) is 0 Å². The van der Waals surface area contributed by atoms with E-state index in [4.69, 9.17) is 0 Å². The van der Waals surface area contributed by atoms with Crippen LogP contribution < -0.4 is 16.2 Å². The van der Waals surface area contributed by atoms with E-state index in [1.54, 1.807) is 12.1 Å². The molecule has 11 nitrogen and oxygen atoms in total. The summed E-state index contributed by atoms with van der Waals surface area (Å²) in [4.78, 5) is 31.6. The molecule has 0 bridgehead atoms. The van der Waals surface area contributed by atoms with E-state index >= 15 is 0 Å². The fraction of sp³-hybridized carbons (Fsp3) is 0.467. The van der Waals surface area contributed by atoms with Crippen molar-refractivity contribution in [1.29, 1.82) is 0 Å². The van der Waals surface area contributed by atoms with Crippen molar-refractivity contribution in [3.63, 3.8) is 0 Å². The van der Waals surface area contributed by atoms with Crippen LogP contribution in [0.25, 0.3) is 5.82 Å². The van der Waals surface area contributed by atoms with E-state index in [1.165, 1.54) is 23.5 Å². The molecule has 136 valence electrons. The Bertz CT molecular complexity index is 794. The van der Waals surface area contributed by atoms with Gasteiger partial charge in [-0.05, 0) is 18.6 Å². The molecule has 4 rings (SSSR count). The Morgan fingerprint density at radius 3 is 2.92 bits per heavy atom. The van der Waals surface area contributed by atoms with Gasteiger partial charge in [-0.15, -0.1) is 0 Å². The summed E-state index contributed by atoms with van der Waals surface area (Å²) >= 11 is 0. The first-order valence-corrected chi connectivity index (χ1v) is 8.38. The molecule has 26 heavy (non-hydrogen) atoms. The zero-order valence-corrected chi connectivity index (χ0v) is 13.8. The van der Waals surface area contributed by atoms with E-state index in [9.17, 15) is 14.9 Å². The number of aromatic nitrogens is 4. The monoisotopic (exact) mass is 358 g/mol. The van der Waals surface area contributed by atoms with Gasteiger partial charge in [-0.3, -0.25) is 20.3 Å². The predicted molar refractivity (Wildman–Crippen MR) is 89.8 cm³/mol. The fourth-order valence-corrected chi connectivity index (χ4v) is 3.63. The lowest BCUT2D eigenvalue weighted by molar-refractivity contribution is -0.528. The van der Waals surface area contributed by atoms with Crippen LogP contribution in [0.1, 0.15) is 19.3 Å². The minimum Gasteiger partial charge on any atom is -0.323 e. The van der Waals surface area contributed by atoms with Gasteiger partial charge >= 0.3 is 0 Å². The number of hydrogen-bond acceptors (Lipinski definition) is 8. The molecule has 3 heterocycles. The van der Waals surface area contributed by atoms with Gasteiger partial charge in [0.15, 0.2) is 5.82 Å². The van der Waals surface area contributed by atoms with Crippen LogP contribution in [0.3, 0.4) is 0 Å². The number of nitrogens with one attached hydrogen (secondary N) is 3. The quantitative estimate of drug-likeness (QED) is 0.508.